The molecule has 0 aliphatic carbocycles. The predicted molar refractivity (Wildman–Crippen MR) is 78.4 cm³/mol. The molecule has 7 nitrogen and oxygen atoms in total. The third-order valence-corrected chi connectivity index (χ3v) is 2.80. The first-order chi connectivity index (χ1) is 10.6. The molecule has 1 heterocycles. The Labute approximate surface area is 127 Å². The predicted octanol–water partition coefficient (Wildman–Crippen LogP) is 2.24. The van der Waals surface area contributed by atoms with E-state index in [1.54, 1.807) is 31.3 Å². The smallest absolute Gasteiger partial charge is 0.315 e. The van der Waals surface area contributed by atoms with E-state index in [1.165, 1.54) is 13.5 Å². The molecule has 1 aromatic carbocycles. The largest absolute Gasteiger partial charge is 0.495 e. The summed E-state index contributed by atoms with van der Waals surface area (Å²) in [4.78, 5) is 26.9. The van der Waals surface area contributed by atoms with E-state index in [0.29, 0.717) is 17.2 Å². The highest BCUT2D eigenvalue weighted by molar-refractivity contribution is 6.02. The lowest BCUT2D eigenvalue weighted by Crippen LogP contribution is -2.18. The summed E-state index contributed by atoms with van der Waals surface area (Å²) in [6.07, 6.45) is 2.56. The van der Waals surface area contributed by atoms with Gasteiger partial charge in [-0.05, 0) is 25.1 Å². The fourth-order valence-electron chi connectivity index (χ4n) is 1.84. The normalized spacial score (nSPS) is 10.1. The van der Waals surface area contributed by atoms with Crippen molar-refractivity contribution in [1.29, 1.82) is 0 Å². The number of nitrogens with one attached hydrogen (secondary N) is 1. The van der Waals surface area contributed by atoms with Gasteiger partial charge in [0.05, 0.1) is 25.6 Å². The van der Waals surface area contributed by atoms with Crippen molar-refractivity contribution in [3.8, 4) is 17.1 Å². The summed E-state index contributed by atoms with van der Waals surface area (Å²) in [6, 6.07) is 5.13. The van der Waals surface area contributed by atoms with Crippen LogP contribution in [0.15, 0.2) is 35.2 Å². The Balaban J connectivity index is 2.11. The van der Waals surface area contributed by atoms with E-state index in [9.17, 15) is 9.59 Å². The molecule has 0 unspecified atom stereocenters. The summed E-state index contributed by atoms with van der Waals surface area (Å²) >= 11 is 0. The van der Waals surface area contributed by atoms with E-state index in [-0.39, 0.29) is 13.0 Å². The minimum absolute atomic E-state index is 0.237. The Bertz CT molecular complexity index is 652. The highest BCUT2D eigenvalue weighted by atomic mass is 16.5. The van der Waals surface area contributed by atoms with Crippen LogP contribution in [-0.4, -0.2) is 30.6 Å². The molecule has 0 saturated carbocycles. The molecule has 2 aromatic rings. The lowest BCUT2D eigenvalue weighted by Gasteiger charge is -2.11. The fraction of sp³-hybridized carbons (Fsp3) is 0.267. The van der Waals surface area contributed by atoms with Gasteiger partial charge < -0.3 is 19.2 Å². The zero-order valence-electron chi connectivity index (χ0n) is 12.3. The van der Waals surface area contributed by atoms with Crippen LogP contribution < -0.4 is 10.1 Å². The summed E-state index contributed by atoms with van der Waals surface area (Å²) in [5.74, 6) is -0.00442. The van der Waals surface area contributed by atoms with Crippen molar-refractivity contribution in [2.24, 2.45) is 0 Å². The number of esters is 1. The second-order valence-electron chi connectivity index (χ2n) is 4.31. The van der Waals surface area contributed by atoms with Crippen LogP contribution in [0, 0.1) is 0 Å². The molecule has 0 atom stereocenters. The lowest BCUT2D eigenvalue weighted by atomic mass is 10.1. The van der Waals surface area contributed by atoms with Gasteiger partial charge >= 0.3 is 5.97 Å². The van der Waals surface area contributed by atoms with Crippen LogP contribution in [0.3, 0.4) is 0 Å². The van der Waals surface area contributed by atoms with Gasteiger partial charge in [0.25, 0.3) is 0 Å². The Kier molecular flexibility index (Phi) is 5.13. The van der Waals surface area contributed by atoms with Crippen LogP contribution >= 0.6 is 0 Å². The lowest BCUT2D eigenvalue weighted by molar-refractivity contribution is -0.145. The van der Waals surface area contributed by atoms with Crippen LogP contribution in [0.25, 0.3) is 11.3 Å². The van der Waals surface area contributed by atoms with E-state index in [4.69, 9.17) is 13.9 Å². The van der Waals surface area contributed by atoms with E-state index in [1.807, 2.05) is 0 Å². The number of rotatable bonds is 6. The molecule has 0 aliphatic rings. The second-order valence-corrected chi connectivity index (χ2v) is 4.31. The van der Waals surface area contributed by atoms with Crippen molar-refractivity contribution >= 4 is 17.6 Å². The third kappa shape index (κ3) is 3.85. The van der Waals surface area contributed by atoms with Crippen LogP contribution in [0.2, 0.25) is 0 Å². The second kappa shape index (κ2) is 7.26. The van der Waals surface area contributed by atoms with Crippen LogP contribution in [0.4, 0.5) is 5.69 Å². The van der Waals surface area contributed by atoms with Gasteiger partial charge in [-0.25, -0.2) is 4.98 Å². The van der Waals surface area contributed by atoms with Crippen molar-refractivity contribution in [2.75, 3.05) is 19.0 Å². The monoisotopic (exact) mass is 304 g/mol. The number of amides is 1. The van der Waals surface area contributed by atoms with Crippen LogP contribution in [-0.2, 0) is 14.3 Å². The van der Waals surface area contributed by atoms with Crippen LogP contribution in [0.5, 0.6) is 5.75 Å². The molecule has 7 heteroatoms. The molecule has 0 radical (unpaired) electrons. The molecule has 1 aromatic heterocycles. The first-order valence-electron chi connectivity index (χ1n) is 6.66. The molecule has 0 spiro atoms. The molecule has 2 rings (SSSR count). The Morgan fingerprint density at radius 2 is 2.18 bits per heavy atom. The minimum Gasteiger partial charge on any atom is -0.495 e. The number of oxazole rings is 1. The minimum atomic E-state index is -0.572. The van der Waals surface area contributed by atoms with Crippen molar-refractivity contribution < 1.29 is 23.5 Å². The van der Waals surface area contributed by atoms with Gasteiger partial charge in [-0.3, -0.25) is 9.59 Å². The molecule has 0 saturated heterocycles. The number of hydrogen-bond donors (Lipinski definition) is 1. The van der Waals surface area contributed by atoms with Gasteiger partial charge in [0.1, 0.15) is 12.2 Å². The van der Waals surface area contributed by atoms with E-state index < -0.39 is 11.9 Å². The van der Waals surface area contributed by atoms with Crippen molar-refractivity contribution in [2.45, 2.75) is 13.3 Å². The number of aromatic nitrogens is 1. The van der Waals surface area contributed by atoms with Crippen LogP contribution in [0.1, 0.15) is 13.3 Å². The number of hydrogen-bond acceptors (Lipinski definition) is 6. The number of nitrogens with zero attached hydrogens (tertiary/aromatic N) is 1. The third-order valence-electron chi connectivity index (χ3n) is 2.80. The van der Waals surface area contributed by atoms with Gasteiger partial charge in [-0.1, -0.05) is 0 Å². The van der Waals surface area contributed by atoms with E-state index in [2.05, 4.69) is 10.3 Å². The molecule has 116 valence electrons. The van der Waals surface area contributed by atoms with E-state index in [0.717, 1.165) is 5.56 Å². The molecule has 1 N–H and O–H groups in total. The molecule has 0 fully saturated rings. The van der Waals surface area contributed by atoms with Gasteiger partial charge in [0.15, 0.2) is 12.2 Å². The molecular formula is C15H16N2O5. The number of carbonyl (C=O) groups is 2. The number of ether oxygens (including phenoxy) is 2. The fourth-order valence-corrected chi connectivity index (χ4v) is 1.84. The Morgan fingerprint density at radius 3 is 2.82 bits per heavy atom. The number of carbonyl (C=O) groups excluding carboxylic acids is 2. The summed E-state index contributed by atoms with van der Waals surface area (Å²) in [7, 11) is 1.49. The number of methoxy groups -OCH3 is 1. The van der Waals surface area contributed by atoms with Gasteiger partial charge in [0.2, 0.25) is 5.91 Å². The Morgan fingerprint density at radius 1 is 1.36 bits per heavy atom. The van der Waals surface area contributed by atoms with Gasteiger partial charge in [-0.15, -0.1) is 0 Å². The van der Waals surface area contributed by atoms with Crippen molar-refractivity contribution in [3.63, 3.8) is 0 Å². The summed E-state index contributed by atoms with van der Waals surface area (Å²) in [5.41, 5.74) is 1.22. The van der Waals surface area contributed by atoms with Gasteiger partial charge in [-0.2, -0.15) is 0 Å². The van der Waals surface area contributed by atoms with E-state index >= 15 is 0 Å². The highest BCUT2D eigenvalue weighted by Gasteiger charge is 2.14. The molecule has 22 heavy (non-hydrogen) atoms. The van der Waals surface area contributed by atoms with Crippen molar-refractivity contribution in [3.05, 3.63) is 30.8 Å². The highest BCUT2D eigenvalue weighted by Crippen LogP contribution is 2.30. The molecular weight excluding hydrogens is 288 g/mol. The molecule has 1 amide bonds. The molecule has 0 aliphatic heterocycles. The summed E-state index contributed by atoms with van der Waals surface area (Å²) in [6.45, 7) is 1.92. The maximum Gasteiger partial charge on any atom is 0.315 e. The average Bonchev–Trinajstić information content (AvgIpc) is 3.02. The Hall–Kier alpha value is -2.83. The summed E-state index contributed by atoms with van der Waals surface area (Å²) < 4.78 is 15.2. The van der Waals surface area contributed by atoms with Crippen molar-refractivity contribution in [1.82, 2.24) is 4.98 Å². The quantitative estimate of drug-likeness (QED) is 0.650. The standard InChI is InChI=1S/C15H16N2O5/c1-3-21-15(19)7-14(18)17-11-5-4-10(6-12(11)20-2)13-8-16-9-22-13/h4-6,8-9H,3,7H2,1-2H3,(H,17,18). The first kappa shape index (κ1) is 15.6. The molecule has 0 bridgehead atoms. The topological polar surface area (TPSA) is 90.7 Å². The average molecular weight is 304 g/mol. The maximum atomic E-state index is 11.8. The van der Waals surface area contributed by atoms with Gasteiger partial charge in [0, 0.05) is 5.56 Å². The zero-order valence-corrected chi connectivity index (χ0v) is 12.3. The summed E-state index contributed by atoms with van der Waals surface area (Å²) in [5, 5.41) is 2.61. The first-order valence-corrected chi connectivity index (χ1v) is 6.66. The maximum absolute atomic E-state index is 11.8. The SMILES string of the molecule is CCOC(=O)CC(=O)Nc1ccc(-c2cnco2)cc1OC. The number of anilines is 1. The zero-order chi connectivity index (χ0) is 15.9. The number of benzene rings is 1.